The molecule has 0 atom stereocenters. The van der Waals surface area contributed by atoms with Crippen molar-refractivity contribution in [3.63, 3.8) is 0 Å². The number of rotatable bonds is 5. The zero-order valence-electron chi connectivity index (χ0n) is 14.9. The third-order valence-corrected chi connectivity index (χ3v) is 6.13. The molecule has 0 saturated carbocycles. The number of phenolic OH excluding ortho intramolecular Hbond substituents is 1. The van der Waals surface area contributed by atoms with E-state index in [1.165, 1.54) is 22.7 Å². The second-order valence-electron chi connectivity index (χ2n) is 5.92. The summed E-state index contributed by atoms with van der Waals surface area (Å²) in [5.41, 5.74) is 3.81. The number of morpholine rings is 1. The Bertz CT molecular complexity index is 956. The average molecular weight is 421 g/mol. The van der Waals surface area contributed by atoms with E-state index in [4.69, 9.17) is 17.0 Å². The van der Waals surface area contributed by atoms with Gasteiger partial charge in [0, 0.05) is 24.3 Å². The number of phenols is 1. The largest absolute Gasteiger partial charge is 0.507 e. The van der Waals surface area contributed by atoms with Gasteiger partial charge in [0.05, 0.1) is 24.3 Å². The topological polar surface area (TPSA) is 103 Å². The molecule has 0 bridgehead atoms. The Morgan fingerprint density at radius 1 is 1.14 bits per heavy atom. The molecule has 0 aromatic heterocycles. The van der Waals surface area contributed by atoms with Crippen molar-refractivity contribution in [2.45, 2.75) is 4.90 Å². The number of aromatic hydroxyl groups is 1. The number of anilines is 1. The van der Waals surface area contributed by atoms with Gasteiger partial charge >= 0.3 is 0 Å². The molecule has 0 spiro atoms. The van der Waals surface area contributed by atoms with E-state index in [-0.39, 0.29) is 15.8 Å². The van der Waals surface area contributed by atoms with Crippen LogP contribution in [-0.2, 0) is 14.8 Å². The van der Waals surface area contributed by atoms with Crippen LogP contribution in [0.3, 0.4) is 0 Å². The summed E-state index contributed by atoms with van der Waals surface area (Å²) in [4.78, 5) is 0.219. The first-order chi connectivity index (χ1) is 13.5. The first-order valence-corrected chi connectivity index (χ1v) is 10.4. The Morgan fingerprint density at radius 2 is 1.82 bits per heavy atom. The van der Waals surface area contributed by atoms with Gasteiger partial charge in [0.2, 0.25) is 10.0 Å². The normalized spacial score (nSPS) is 15.4. The minimum atomic E-state index is -3.53. The summed E-state index contributed by atoms with van der Waals surface area (Å²) in [6, 6.07) is 13.1. The first kappa shape index (κ1) is 20.2. The van der Waals surface area contributed by atoms with Gasteiger partial charge in [-0.25, -0.2) is 8.42 Å². The van der Waals surface area contributed by atoms with Crippen LogP contribution in [-0.4, -0.2) is 55.5 Å². The van der Waals surface area contributed by atoms with Crippen LogP contribution in [0.25, 0.3) is 0 Å². The van der Waals surface area contributed by atoms with Gasteiger partial charge in [-0.3, -0.25) is 5.43 Å². The molecule has 0 radical (unpaired) electrons. The van der Waals surface area contributed by atoms with Crippen molar-refractivity contribution in [3.8, 4) is 5.75 Å². The molecule has 148 valence electrons. The number of hydrogen-bond acceptors (Lipinski definition) is 6. The summed E-state index contributed by atoms with van der Waals surface area (Å²) >= 11 is 5.15. The standard InChI is InChI=1S/C18H20N4O4S2/c23-17-4-2-1-3-14(17)13-19-21-18(27)20-15-5-7-16(8-6-15)28(24,25)22-9-11-26-12-10-22/h1-8,13,23H,9-12H2,(H2,20,21,27). The lowest BCUT2D eigenvalue weighted by molar-refractivity contribution is 0.0730. The fourth-order valence-electron chi connectivity index (χ4n) is 2.56. The number of sulfonamides is 1. The highest BCUT2D eigenvalue weighted by atomic mass is 32.2. The molecule has 0 amide bonds. The lowest BCUT2D eigenvalue weighted by atomic mass is 10.2. The van der Waals surface area contributed by atoms with Crippen molar-refractivity contribution in [1.29, 1.82) is 0 Å². The Kier molecular flexibility index (Phi) is 6.57. The quantitative estimate of drug-likeness (QED) is 0.385. The van der Waals surface area contributed by atoms with Crippen LogP contribution in [0.4, 0.5) is 5.69 Å². The second kappa shape index (κ2) is 9.11. The van der Waals surface area contributed by atoms with E-state index in [0.29, 0.717) is 37.6 Å². The first-order valence-electron chi connectivity index (χ1n) is 8.53. The van der Waals surface area contributed by atoms with Crippen molar-refractivity contribution in [1.82, 2.24) is 9.73 Å². The van der Waals surface area contributed by atoms with Crippen molar-refractivity contribution >= 4 is 39.3 Å². The molecule has 2 aromatic rings. The Labute approximate surface area is 168 Å². The van der Waals surface area contributed by atoms with E-state index < -0.39 is 10.0 Å². The third kappa shape index (κ3) is 5.04. The van der Waals surface area contributed by atoms with Crippen LogP contribution in [0, 0.1) is 0 Å². The van der Waals surface area contributed by atoms with Crippen LogP contribution in [0.5, 0.6) is 5.75 Å². The van der Waals surface area contributed by atoms with Crippen molar-refractivity contribution < 1.29 is 18.3 Å². The number of benzene rings is 2. The molecule has 3 N–H and O–H groups in total. The van der Waals surface area contributed by atoms with E-state index >= 15 is 0 Å². The molecule has 1 aliphatic rings. The average Bonchev–Trinajstić information content (AvgIpc) is 2.70. The highest BCUT2D eigenvalue weighted by Crippen LogP contribution is 2.19. The number of hydrogen-bond donors (Lipinski definition) is 3. The molecule has 2 aromatic carbocycles. The number of thiocarbonyl (C=S) groups is 1. The van der Waals surface area contributed by atoms with E-state index in [0.717, 1.165) is 0 Å². The molecule has 28 heavy (non-hydrogen) atoms. The fraction of sp³-hybridized carbons (Fsp3) is 0.222. The SMILES string of the molecule is O=S(=O)(c1ccc(NC(=S)NN=Cc2ccccc2O)cc1)N1CCOCC1. The maximum absolute atomic E-state index is 12.6. The monoisotopic (exact) mass is 420 g/mol. The number of nitrogens with zero attached hydrogens (tertiary/aromatic N) is 2. The van der Waals surface area contributed by atoms with Crippen LogP contribution in [0.1, 0.15) is 5.56 Å². The maximum Gasteiger partial charge on any atom is 0.243 e. The zero-order chi connectivity index (χ0) is 20.0. The molecule has 10 heteroatoms. The van der Waals surface area contributed by atoms with Crippen LogP contribution in [0.15, 0.2) is 58.5 Å². The van der Waals surface area contributed by atoms with Gasteiger partial charge in [0.15, 0.2) is 5.11 Å². The lowest BCUT2D eigenvalue weighted by Crippen LogP contribution is -2.40. The van der Waals surface area contributed by atoms with Gasteiger partial charge in [-0.2, -0.15) is 9.41 Å². The summed E-state index contributed by atoms with van der Waals surface area (Å²) in [6.07, 6.45) is 1.45. The van der Waals surface area contributed by atoms with E-state index in [9.17, 15) is 13.5 Å². The Morgan fingerprint density at radius 3 is 2.50 bits per heavy atom. The minimum Gasteiger partial charge on any atom is -0.507 e. The van der Waals surface area contributed by atoms with E-state index in [1.807, 2.05) is 0 Å². The highest BCUT2D eigenvalue weighted by Gasteiger charge is 2.26. The molecule has 8 nitrogen and oxygen atoms in total. The van der Waals surface area contributed by atoms with Gasteiger partial charge in [0.1, 0.15) is 5.75 Å². The summed E-state index contributed by atoms with van der Waals surface area (Å²) in [5, 5.41) is 16.8. The molecule has 1 heterocycles. The molecule has 3 rings (SSSR count). The van der Waals surface area contributed by atoms with Crippen LogP contribution in [0.2, 0.25) is 0 Å². The number of ether oxygens (including phenoxy) is 1. The van der Waals surface area contributed by atoms with Gasteiger partial charge in [-0.05, 0) is 48.6 Å². The minimum absolute atomic E-state index is 0.115. The molecular weight excluding hydrogens is 400 g/mol. The predicted molar refractivity (Wildman–Crippen MR) is 111 cm³/mol. The van der Waals surface area contributed by atoms with Gasteiger partial charge < -0.3 is 15.2 Å². The van der Waals surface area contributed by atoms with Gasteiger partial charge in [-0.1, -0.05) is 12.1 Å². The smallest absolute Gasteiger partial charge is 0.243 e. The van der Waals surface area contributed by atoms with E-state index in [2.05, 4.69) is 15.8 Å². The Hall–Kier alpha value is -2.53. The van der Waals surface area contributed by atoms with Gasteiger partial charge in [-0.15, -0.1) is 0 Å². The number of hydrazone groups is 1. The van der Waals surface area contributed by atoms with Crippen molar-refractivity contribution in [3.05, 3.63) is 54.1 Å². The number of nitrogens with one attached hydrogen (secondary N) is 2. The summed E-state index contributed by atoms with van der Waals surface area (Å²) in [7, 11) is -3.53. The van der Waals surface area contributed by atoms with Crippen LogP contribution >= 0.6 is 12.2 Å². The molecule has 1 fully saturated rings. The predicted octanol–water partition coefficient (Wildman–Crippen LogP) is 1.73. The Balaban J connectivity index is 1.58. The molecule has 0 aliphatic carbocycles. The zero-order valence-corrected chi connectivity index (χ0v) is 16.5. The molecule has 1 saturated heterocycles. The maximum atomic E-state index is 12.6. The van der Waals surface area contributed by atoms with Gasteiger partial charge in [0.25, 0.3) is 0 Å². The number of para-hydroxylation sites is 1. The summed E-state index contributed by atoms with van der Waals surface area (Å²) in [6.45, 7) is 1.51. The van der Waals surface area contributed by atoms with E-state index in [1.54, 1.807) is 36.4 Å². The highest BCUT2D eigenvalue weighted by molar-refractivity contribution is 7.89. The fourth-order valence-corrected chi connectivity index (χ4v) is 4.14. The third-order valence-electron chi connectivity index (χ3n) is 4.03. The summed E-state index contributed by atoms with van der Waals surface area (Å²) < 4.78 is 31.8. The van der Waals surface area contributed by atoms with Crippen LogP contribution < -0.4 is 10.7 Å². The summed E-state index contributed by atoms with van der Waals surface area (Å²) in [5.74, 6) is 0.115. The van der Waals surface area contributed by atoms with Crippen molar-refractivity contribution in [2.75, 3.05) is 31.6 Å². The van der Waals surface area contributed by atoms with Crippen molar-refractivity contribution in [2.24, 2.45) is 5.10 Å². The second-order valence-corrected chi connectivity index (χ2v) is 8.27. The molecule has 1 aliphatic heterocycles. The molecule has 0 unspecified atom stereocenters. The lowest BCUT2D eigenvalue weighted by Gasteiger charge is -2.26. The molecular formula is C18H20N4O4S2.